The predicted molar refractivity (Wildman–Crippen MR) is 104 cm³/mol. The first-order valence-corrected chi connectivity index (χ1v) is 8.37. The second-order valence-electron chi connectivity index (χ2n) is 5.67. The Hall–Kier alpha value is -2.93. The van der Waals surface area contributed by atoms with Gasteiger partial charge in [0.15, 0.2) is 5.11 Å². The van der Waals surface area contributed by atoms with Crippen molar-refractivity contribution in [3.63, 3.8) is 0 Å². The second-order valence-corrected chi connectivity index (χ2v) is 6.08. The van der Waals surface area contributed by atoms with Gasteiger partial charge in [-0.25, -0.2) is 4.79 Å². The Morgan fingerprint density at radius 2 is 1.69 bits per heavy atom. The third-order valence-corrected chi connectivity index (χ3v) is 3.46. The fourth-order valence-corrected chi connectivity index (χ4v) is 2.34. The van der Waals surface area contributed by atoms with E-state index in [0.717, 1.165) is 11.4 Å². The van der Waals surface area contributed by atoms with Crippen LogP contribution in [-0.2, 0) is 4.74 Å². The van der Waals surface area contributed by atoms with E-state index in [1.165, 1.54) is 13.2 Å². The topological polar surface area (TPSA) is 76.7 Å². The van der Waals surface area contributed by atoms with Gasteiger partial charge in [-0.1, -0.05) is 6.07 Å². The molecule has 0 aromatic heterocycles. The van der Waals surface area contributed by atoms with Crippen LogP contribution in [0.15, 0.2) is 48.5 Å². The zero-order valence-electron chi connectivity index (χ0n) is 14.7. The maximum atomic E-state index is 12.3. The Bertz CT molecular complexity index is 803. The van der Waals surface area contributed by atoms with E-state index in [2.05, 4.69) is 15.4 Å². The van der Waals surface area contributed by atoms with Crippen molar-refractivity contribution in [1.82, 2.24) is 5.32 Å². The van der Waals surface area contributed by atoms with Crippen molar-refractivity contribution >= 4 is 34.9 Å². The molecule has 0 aliphatic rings. The minimum atomic E-state index is -0.510. The summed E-state index contributed by atoms with van der Waals surface area (Å²) < 4.78 is 10.2. The average Bonchev–Trinajstić information content (AvgIpc) is 2.62. The van der Waals surface area contributed by atoms with Gasteiger partial charge in [0.25, 0.3) is 5.91 Å². The number of carbonyl (C=O) groups excluding carboxylic acids is 2. The van der Waals surface area contributed by atoms with E-state index >= 15 is 0 Å². The molecule has 6 nitrogen and oxygen atoms in total. The summed E-state index contributed by atoms with van der Waals surface area (Å²) in [6.45, 7) is 3.90. The number of benzene rings is 2. The van der Waals surface area contributed by atoms with Crippen molar-refractivity contribution in [2.75, 3.05) is 12.4 Å². The number of nitrogens with one attached hydrogen (secondary N) is 2. The Morgan fingerprint density at radius 1 is 1.04 bits per heavy atom. The lowest BCUT2D eigenvalue weighted by Crippen LogP contribution is -2.34. The summed E-state index contributed by atoms with van der Waals surface area (Å²) in [7, 11) is 1.28. The molecule has 0 saturated carbocycles. The highest BCUT2D eigenvalue weighted by Gasteiger charge is 2.12. The number of methoxy groups -OCH3 is 1. The van der Waals surface area contributed by atoms with Gasteiger partial charge in [-0.3, -0.25) is 10.1 Å². The predicted octanol–water partition coefficient (Wildman–Crippen LogP) is 3.39. The summed E-state index contributed by atoms with van der Waals surface area (Å²) in [5.74, 6) is -0.183. The third kappa shape index (κ3) is 5.56. The van der Waals surface area contributed by atoms with E-state index in [9.17, 15) is 9.59 Å². The molecule has 136 valence electrons. The van der Waals surface area contributed by atoms with E-state index in [0.29, 0.717) is 11.1 Å². The van der Waals surface area contributed by atoms with Gasteiger partial charge < -0.3 is 14.8 Å². The summed E-state index contributed by atoms with van der Waals surface area (Å²) in [6, 6.07) is 13.4. The fraction of sp³-hybridized carbons (Fsp3) is 0.211. The number of rotatable bonds is 5. The van der Waals surface area contributed by atoms with Crippen LogP contribution in [0.2, 0.25) is 0 Å². The molecule has 2 rings (SSSR count). The number of anilines is 1. The smallest absolute Gasteiger partial charge is 0.337 e. The zero-order chi connectivity index (χ0) is 19.1. The minimum Gasteiger partial charge on any atom is -0.491 e. The maximum Gasteiger partial charge on any atom is 0.337 e. The highest BCUT2D eigenvalue weighted by molar-refractivity contribution is 7.80. The Morgan fingerprint density at radius 3 is 2.31 bits per heavy atom. The molecular formula is C19H20N2O4S. The fourth-order valence-electron chi connectivity index (χ4n) is 2.13. The molecule has 0 heterocycles. The van der Waals surface area contributed by atoms with Crippen LogP contribution in [0.25, 0.3) is 0 Å². The highest BCUT2D eigenvalue weighted by Crippen LogP contribution is 2.17. The Balaban J connectivity index is 1.97. The zero-order valence-corrected chi connectivity index (χ0v) is 15.6. The number of carbonyl (C=O) groups is 2. The van der Waals surface area contributed by atoms with Gasteiger partial charge in [0.05, 0.1) is 18.8 Å². The number of hydrogen-bond acceptors (Lipinski definition) is 5. The van der Waals surface area contributed by atoms with E-state index in [1.54, 1.807) is 30.3 Å². The number of amides is 1. The SMILES string of the molecule is COC(=O)c1cccc(C(=O)NC(=S)Nc2ccc(OC(C)C)cc2)c1. The van der Waals surface area contributed by atoms with Gasteiger partial charge in [0.1, 0.15) is 5.75 Å². The van der Waals surface area contributed by atoms with E-state index in [1.807, 2.05) is 26.0 Å². The van der Waals surface area contributed by atoms with Gasteiger partial charge in [0, 0.05) is 11.3 Å². The normalized spacial score (nSPS) is 10.2. The number of hydrogen-bond donors (Lipinski definition) is 2. The van der Waals surface area contributed by atoms with E-state index < -0.39 is 11.9 Å². The monoisotopic (exact) mass is 372 g/mol. The molecule has 2 aromatic rings. The maximum absolute atomic E-state index is 12.3. The number of ether oxygens (including phenoxy) is 2. The van der Waals surface area contributed by atoms with Crippen LogP contribution >= 0.6 is 12.2 Å². The molecule has 26 heavy (non-hydrogen) atoms. The van der Waals surface area contributed by atoms with E-state index in [-0.39, 0.29) is 11.2 Å². The molecule has 2 aromatic carbocycles. The van der Waals surface area contributed by atoms with Crippen LogP contribution in [0.3, 0.4) is 0 Å². The second kappa shape index (κ2) is 8.96. The van der Waals surface area contributed by atoms with Crippen LogP contribution < -0.4 is 15.4 Å². The summed E-state index contributed by atoms with van der Waals surface area (Å²) in [4.78, 5) is 23.8. The van der Waals surface area contributed by atoms with Crippen LogP contribution in [-0.4, -0.2) is 30.2 Å². The van der Waals surface area contributed by atoms with Crippen LogP contribution in [0.5, 0.6) is 5.75 Å². The summed E-state index contributed by atoms with van der Waals surface area (Å²) in [5.41, 5.74) is 1.31. The van der Waals surface area contributed by atoms with Gasteiger partial charge in [-0.05, 0) is 68.5 Å². The summed E-state index contributed by atoms with van der Waals surface area (Å²) >= 11 is 5.16. The summed E-state index contributed by atoms with van der Waals surface area (Å²) in [5, 5.41) is 5.65. The lowest BCUT2D eigenvalue weighted by Gasteiger charge is -2.12. The average molecular weight is 372 g/mol. The van der Waals surface area contributed by atoms with Gasteiger partial charge >= 0.3 is 5.97 Å². The molecule has 0 bridgehead atoms. The van der Waals surface area contributed by atoms with Crippen molar-refractivity contribution in [3.8, 4) is 5.75 Å². The Kier molecular flexibility index (Phi) is 6.68. The molecule has 0 fully saturated rings. The van der Waals surface area contributed by atoms with Crippen molar-refractivity contribution in [2.45, 2.75) is 20.0 Å². The van der Waals surface area contributed by atoms with Gasteiger partial charge in [-0.15, -0.1) is 0 Å². The lowest BCUT2D eigenvalue weighted by molar-refractivity contribution is 0.0600. The van der Waals surface area contributed by atoms with Crippen molar-refractivity contribution in [2.24, 2.45) is 0 Å². The molecule has 2 N–H and O–H groups in total. The van der Waals surface area contributed by atoms with Crippen LogP contribution in [0.4, 0.5) is 5.69 Å². The van der Waals surface area contributed by atoms with Crippen LogP contribution in [0.1, 0.15) is 34.6 Å². The molecule has 0 atom stereocenters. The Labute approximate surface area is 157 Å². The molecule has 7 heteroatoms. The molecule has 0 radical (unpaired) electrons. The quantitative estimate of drug-likeness (QED) is 0.619. The molecular weight excluding hydrogens is 352 g/mol. The first-order valence-electron chi connectivity index (χ1n) is 7.96. The third-order valence-electron chi connectivity index (χ3n) is 3.26. The minimum absolute atomic E-state index is 0.0925. The van der Waals surface area contributed by atoms with E-state index in [4.69, 9.17) is 17.0 Å². The molecule has 1 amide bonds. The van der Waals surface area contributed by atoms with Gasteiger partial charge in [-0.2, -0.15) is 0 Å². The molecule has 0 aliphatic carbocycles. The molecule has 0 saturated heterocycles. The standard InChI is InChI=1S/C19H20N2O4S/c1-12(2)25-16-9-7-15(8-10-16)20-19(26)21-17(22)13-5-4-6-14(11-13)18(23)24-3/h4-12H,1-3H3,(H2,20,21,22,26). The van der Waals surface area contributed by atoms with Gasteiger partial charge in [0.2, 0.25) is 0 Å². The van der Waals surface area contributed by atoms with Crippen molar-refractivity contribution in [3.05, 3.63) is 59.7 Å². The number of thiocarbonyl (C=S) groups is 1. The molecule has 0 unspecified atom stereocenters. The largest absolute Gasteiger partial charge is 0.491 e. The van der Waals surface area contributed by atoms with Crippen molar-refractivity contribution < 1.29 is 19.1 Å². The highest BCUT2D eigenvalue weighted by atomic mass is 32.1. The van der Waals surface area contributed by atoms with Crippen LogP contribution in [0, 0.1) is 0 Å². The molecule has 0 spiro atoms. The lowest BCUT2D eigenvalue weighted by atomic mass is 10.1. The summed E-state index contributed by atoms with van der Waals surface area (Å²) in [6.07, 6.45) is 0.0925. The first-order chi connectivity index (χ1) is 12.4. The molecule has 0 aliphatic heterocycles. The van der Waals surface area contributed by atoms with Crippen molar-refractivity contribution in [1.29, 1.82) is 0 Å². The number of esters is 1. The first kappa shape index (κ1) is 19.4.